The summed E-state index contributed by atoms with van der Waals surface area (Å²) in [5.41, 5.74) is 2.26. The number of rotatable bonds is 7. The number of fused-ring (bicyclic) bond motifs is 1. The lowest BCUT2D eigenvalue weighted by Gasteiger charge is -2.07. The summed E-state index contributed by atoms with van der Waals surface area (Å²) in [6, 6.07) is 14.5. The lowest BCUT2D eigenvalue weighted by atomic mass is 10.2. The summed E-state index contributed by atoms with van der Waals surface area (Å²) in [5.74, 6) is 0.726. The molecule has 0 saturated carbocycles. The van der Waals surface area contributed by atoms with Gasteiger partial charge in [-0.15, -0.1) is 11.3 Å². The first kappa shape index (κ1) is 19.5. The number of carbonyl (C=O) groups excluding carboxylic acids is 1. The summed E-state index contributed by atoms with van der Waals surface area (Å²) >= 11 is 3.04. The third-order valence-electron chi connectivity index (χ3n) is 4.16. The van der Waals surface area contributed by atoms with Gasteiger partial charge >= 0.3 is 0 Å². The van der Waals surface area contributed by atoms with Gasteiger partial charge < -0.3 is 5.32 Å². The number of amides is 1. The van der Waals surface area contributed by atoms with Gasteiger partial charge in [0.15, 0.2) is 5.69 Å². The largest absolute Gasteiger partial charge is 0.350 e. The molecule has 4 aromatic rings. The number of hydrogen-bond acceptors (Lipinski definition) is 6. The van der Waals surface area contributed by atoms with Crippen molar-refractivity contribution in [3.8, 4) is 10.7 Å². The fraction of sp³-hybridized carbons (Fsp3) is 0.143. The number of nitrogens with one attached hydrogen (secondary N) is 1. The van der Waals surface area contributed by atoms with Crippen molar-refractivity contribution in [3.63, 3.8) is 0 Å². The molecular formula is C21H17FN4OS2. The van der Waals surface area contributed by atoms with E-state index in [9.17, 15) is 9.18 Å². The molecule has 146 valence electrons. The average molecular weight is 425 g/mol. The van der Waals surface area contributed by atoms with Gasteiger partial charge in [0, 0.05) is 30.4 Å². The maximum Gasteiger partial charge on any atom is 0.272 e. The molecule has 0 bridgehead atoms. The Labute approximate surface area is 175 Å². The maximum absolute atomic E-state index is 13.6. The first-order chi connectivity index (χ1) is 14.2. The second-order valence-electron chi connectivity index (χ2n) is 6.14. The van der Waals surface area contributed by atoms with Crippen LogP contribution < -0.4 is 5.32 Å². The molecule has 4 rings (SSSR count). The van der Waals surface area contributed by atoms with Crippen LogP contribution in [0.1, 0.15) is 16.1 Å². The molecule has 0 aliphatic rings. The summed E-state index contributed by atoms with van der Waals surface area (Å²) in [6.07, 6.45) is 3.06. The van der Waals surface area contributed by atoms with E-state index in [2.05, 4.69) is 20.3 Å². The van der Waals surface area contributed by atoms with Crippen LogP contribution in [0.2, 0.25) is 0 Å². The van der Waals surface area contributed by atoms with Crippen molar-refractivity contribution in [3.05, 3.63) is 78.0 Å². The number of halogens is 1. The normalized spacial score (nSPS) is 10.9. The highest BCUT2D eigenvalue weighted by Crippen LogP contribution is 2.30. The Morgan fingerprint density at radius 3 is 2.72 bits per heavy atom. The van der Waals surface area contributed by atoms with Gasteiger partial charge in [-0.25, -0.2) is 19.3 Å². The van der Waals surface area contributed by atoms with Gasteiger partial charge in [0.1, 0.15) is 16.5 Å². The molecule has 0 saturated heterocycles. The fourth-order valence-corrected chi connectivity index (χ4v) is 4.56. The van der Waals surface area contributed by atoms with E-state index in [1.54, 1.807) is 30.1 Å². The van der Waals surface area contributed by atoms with Gasteiger partial charge in [-0.05, 0) is 23.8 Å². The van der Waals surface area contributed by atoms with Crippen LogP contribution in [0.4, 0.5) is 4.39 Å². The summed E-state index contributed by atoms with van der Waals surface area (Å²) < 4.78 is 14.7. The summed E-state index contributed by atoms with van der Waals surface area (Å²) in [7, 11) is 0. The van der Waals surface area contributed by atoms with E-state index in [1.165, 1.54) is 23.6 Å². The number of carbonyl (C=O) groups is 1. The molecule has 0 unspecified atom stereocenters. The zero-order valence-electron chi connectivity index (χ0n) is 15.3. The maximum atomic E-state index is 13.6. The van der Waals surface area contributed by atoms with E-state index in [0.29, 0.717) is 34.3 Å². The van der Waals surface area contributed by atoms with Crippen molar-refractivity contribution >= 4 is 39.2 Å². The standard InChI is InChI=1S/C21H17FN4OS2/c22-15-6-2-1-5-14(15)13-28-12-11-25-20(27)18-19(24-10-9-23-18)21-26-16-7-3-4-8-17(16)29-21/h1-10H,11-13H2,(H,25,27). The van der Waals surface area contributed by atoms with Gasteiger partial charge in [0.05, 0.1) is 10.2 Å². The number of benzene rings is 2. The minimum atomic E-state index is -0.293. The molecule has 2 aromatic carbocycles. The molecular weight excluding hydrogens is 407 g/mol. The molecule has 2 aromatic heterocycles. The molecule has 0 atom stereocenters. The van der Waals surface area contributed by atoms with Gasteiger partial charge in [0.2, 0.25) is 0 Å². The Bertz CT molecular complexity index is 1120. The Kier molecular flexibility index (Phi) is 6.12. The van der Waals surface area contributed by atoms with Crippen LogP contribution in [0, 0.1) is 5.82 Å². The number of aromatic nitrogens is 3. The minimum absolute atomic E-state index is 0.205. The molecule has 0 fully saturated rings. The van der Waals surface area contributed by atoms with Gasteiger partial charge in [0.25, 0.3) is 5.91 Å². The highest BCUT2D eigenvalue weighted by molar-refractivity contribution is 7.98. The zero-order valence-corrected chi connectivity index (χ0v) is 17.0. The number of nitrogens with zero attached hydrogens (tertiary/aromatic N) is 3. The van der Waals surface area contributed by atoms with E-state index in [4.69, 9.17) is 0 Å². The number of thioether (sulfide) groups is 1. The third kappa shape index (κ3) is 4.60. The quantitative estimate of drug-likeness (QED) is 0.441. The second kappa shape index (κ2) is 9.11. The van der Waals surface area contributed by atoms with Crippen LogP contribution in [0.5, 0.6) is 0 Å². The molecule has 2 heterocycles. The predicted molar refractivity (Wildman–Crippen MR) is 116 cm³/mol. The topological polar surface area (TPSA) is 67.8 Å². The third-order valence-corrected chi connectivity index (χ3v) is 6.21. The Morgan fingerprint density at radius 2 is 1.86 bits per heavy atom. The molecule has 0 spiro atoms. The van der Waals surface area contributed by atoms with Crippen LogP contribution in [0.3, 0.4) is 0 Å². The minimum Gasteiger partial charge on any atom is -0.350 e. The Balaban J connectivity index is 1.38. The highest BCUT2D eigenvalue weighted by atomic mass is 32.2. The first-order valence-electron chi connectivity index (χ1n) is 8.98. The van der Waals surface area contributed by atoms with Gasteiger partial charge in [-0.3, -0.25) is 4.79 Å². The van der Waals surface area contributed by atoms with Crippen LogP contribution in [-0.2, 0) is 5.75 Å². The van der Waals surface area contributed by atoms with Crippen molar-refractivity contribution in [2.45, 2.75) is 5.75 Å². The van der Waals surface area contributed by atoms with Crippen molar-refractivity contribution < 1.29 is 9.18 Å². The van der Waals surface area contributed by atoms with Crippen LogP contribution in [0.25, 0.3) is 20.9 Å². The van der Waals surface area contributed by atoms with Crippen molar-refractivity contribution in [2.75, 3.05) is 12.3 Å². The van der Waals surface area contributed by atoms with E-state index < -0.39 is 0 Å². The smallest absolute Gasteiger partial charge is 0.272 e. The number of thiazole rings is 1. The van der Waals surface area contributed by atoms with E-state index in [-0.39, 0.29) is 17.4 Å². The van der Waals surface area contributed by atoms with Gasteiger partial charge in [-0.1, -0.05) is 30.3 Å². The van der Waals surface area contributed by atoms with E-state index in [1.807, 2.05) is 30.3 Å². The van der Waals surface area contributed by atoms with Crippen molar-refractivity contribution in [2.24, 2.45) is 0 Å². The van der Waals surface area contributed by atoms with Crippen molar-refractivity contribution in [1.82, 2.24) is 20.3 Å². The van der Waals surface area contributed by atoms with Crippen LogP contribution in [-0.4, -0.2) is 33.2 Å². The summed E-state index contributed by atoms with van der Waals surface area (Å²) in [4.78, 5) is 25.8. The fourth-order valence-electron chi connectivity index (χ4n) is 2.75. The monoisotopic (exact) mass is 424 g/mol. The average Bonchev–Trinajstić information content (AvgIpc) is 3.19. The molecule has 0 radical (unpaired) electrons. The Morgan fingerprint density at radius 1 is 1.07 bits per heavy atom. The molecule has 0 aliphatic carbocycles. The number of hydrogen-bond donors (Lipinski definition) is 1. The predicted octanol–water partition coefficient (Wildman–Crippen LogP) is 4.56. The second-order valence-corrected chi connectivity index (χ2v) is 8.28. The lowest BCUT2D eigenvalue weighted by Crippen LogP contribution is -2.27. The molecule has 5 nitrogen and oxygen atoms in total. The first-order valence-corrected chi connectivity index (χ1v) is 11.0. The molecule has 1 N–H and O–H groups in total. The van der Waals surface area contributed by atoms with Crippen molar-refractivity contribution in [1.29, 1.82) is 0 Å². The summed E-state index contributed by atoms with van der Waals surface area (Å²) in [5, 5.41) is 3.53. The highest BCUT2D eigenvalue weighted by Gasteiger charge is 2.18. The summed E-state index contributed by atoms with van der Waals surface area (Å²) in [6.45, 7) is 0.452. The molecule has 29 heavy (non-hydrogen) atoms. The SMILES string of the molecule is O=C(NCCSCc1ccccc1F)c1nccnc1-c1nc2ccccc2s1. The molecule has 1 amide bonds. The molecule has 8 heteroatoms. The van der Waals surface area contributed by atoms with Gasteiger partial charge in [-0.2, -0.15) is 11.8 Å². The van der Waals surface area contributed by atoms with E-state index in [0.717, 1.165) is 10.2 Å². The van der Waals surface area contributed by atoms with Crippen LogP contribution >= 0.6 is 23.1 Å². The lowest BCUT2D eigenvalue weighted by molar-refractivity contribution is 0.0951. The molecule has 0 aliphatic heterocycles. The van der Waals surface area contributed by atoms with Crippen LogP contribution in [0.15, 0.2) is 60.9 Å². The number of para-hydroxylation sites is 1. The Hall–Kier alpha value is -2.84. The zero-order chi connectivity index (χ0) is 20.1. The van der Waals surface area contributed by atoms with E-state index >= 15 is 0 Å².